The number of fused-ring (bicyclic) bond motifs is 3. The molecule has 0 radical (unpaired) electrons. The van der Waals surface area contributed by atoms with Crippen molar-refractivity contribution < 1.29 is 13.9 Å². The van der Waals surface area contributed by atoms with Crippen molar-refractivity contribution in [3.8, 4) is 5.75 Å². The summed E-state index contributed by atoms with van der Waals surface area (Å²) in [5, 5.41) is 4.98. The summed E-state index contributed by atoms with van der Waals surface area (Å²) in [6.45, 7) is 0. The Balaban J connectivity index is 1.69. The topological polar surface area (TPSA) is 51.5 Å². The van der Waals surface area contributed by atoms with Gasteiger partial charge in [-0.3, -0.25) is 4.79 Å². The quantitative estimate of drug-likeness (QED) is 0.588. The molecule has 24 heavy (non-hydrogen) atoms. The lowest BCUT2D eigenvalue weighted by Crippen LogP contribution is -2.12. The van der Waals surface area contributed by atoms with Gasteiger partial charge in [0.05, 0.1) is 12.7 Å². The van der Waals surface area contributed by atoms with Crippen LogP contribution in [0.4, 0.5) is 5.69 Å². The molecule has 1 N–H and O–H groups in total. The van der Waals surface area contributed by atoms with Crippen molar-refractivity contribution in [2.24, 2.45) is 0 Å². The molecule has 0 bridgehead atoms. The van der Waals surface area contributed by atoms with Gasteiger partial charge < -0.3 is 14.5 Å². The van der Waals surface area contributed by atoms with Crippen LogP contribution in [0.15, 0.2) is 71.1 Å². The van der Waals surface area contributed by atoms with Crippen LogP contribution in [-0.4, -0.2) is 13.0 Å². The average Bonchev–Trinajstić information content (AvgIpc) is 2.99. The van der Waals surface area contributed by atoms with E-state index in [1.807, 2.05) is 48.5 Å². The van der Waals surface area contributed by atoms with Gasteiger partial charge in [0.25, 0.3) is 5.91 Å². The molecule has 0 spiro atoms. The minimum atomic E-state index is -0.220. The van der Waals surface area contributed by atoms with Gasteiger partial charge in [0.1, 0.15) is 16.9 Å². The number of carbonyl (C=O) groups is 1. The molecule has 4 nitrogen and oxygen atoms in total. The molecule has 0 unspecified atom stereocenters. The zero-order chi connectivity index (χ0) is 16.5. The van der Waals surface area contributed by atoms with E-state index < -0.39 is 0 Å². The molecule has 0 aliphatic heterocycles. The number of amides is 1. The first-order valence-corrected chi connectivity index (χ1v) is 7.62. The van der Waals surface area contributed by atoms with Gasteiger partial charge in [0.15, 0.2) is 0 Å². The van der Waals surface area contributed by atoms with Gasteiger partial charge >= 0.3 is 0 Å². The van der Waals surface area contributed by atoms with Gasteiger partial charge in [-0.25, -0.2) is 0 Å². The van der Waals surface area contributed by atoms with E-state index >= 15 is 0 Å². The third kappa shape index (κ3) is 2.38. The fourth-order valence-corrected chi connectivity index (χ4v) is 2.83. The number of hydrogen-bond acceptors (Lipinski definition) is 3. The molecule has 4 rings (SSSR count). The summed E-state index contributed by atoms with van der Waals surface area (Å²) in [5.74, 6) is 0.322. The molecule has 118 valence electrons. The molecular formula is C20H15NO3. The molecule has 1 aromatic heterocycles. The molecule has 4 heteroatoms. The minimum absolute atomic E-state index is 0.220. The molecular weight excluding hydrogens is 302 g/mol. The van der Waals surface area contributed by atoms with Gasteiger partial charge in [-0.2, -0.15) is 0 Å². The maximum absolute atomic E-state index is 12.5. The highest BCUT2D eigenvalue weighted by Crippen LogP contribution is 2.30. The Labute approximate surface area is 138 Å². The molecule has 1 heterocycles. The first-order valence-electron chi connectivity index (χ1n) is 7.62. The predicted octanol–water partition coefficient (Wildman–Crippen LogP) is 4.85. The lowest BCUT2D eigenvalue weighted by Gasteiger charge is -2.09. The smallest absolute Gasteiger partial charge is 0.259 e. The molecule has 0 saturated heterocycles. The molecule has 0 fully saturated rings. The average molecular weight is 317 g/mol. The van der Waals surface area contributed by atoms with Crippen molar-refractivity contribution >= 4 is 33.5 Å². The molecule has 0 saturated carbocycles. The number of rotatable bonds is 3. The zero-order valence-corrected chi connectivity index (χ0v) is 13.1. The molecule has 0 atom stereocenters. The summed E-state index contributed by atoms with van der Waals surface area (Å²) in [5.41, 5.74) is 2.75. The number of carbonyl (C=O) groups excluding carboxylic acids is 1. The summed E-state index contributed by atoms with van der Waals surface area (Å²) in [6.07, 6.45) is 0. The van der Waals surface area contributed by atoms with E-state index in [0.29, 0.717) is 17.0 Å². The largest absolute Gasteiger partial charge is 0.496 e. The summed E-state index contributed by atoms with van der Waals surface area (Å²) in [6, 6.07) is 20.7. The van der Waals surface area contributed by atoms with E-state index in [1.54, 1.807) is 25.3 Å². The first kappa shape index (κ1) is 14.3. The second kappa shape index (κ2) is 5.74. The Morgan fingerprint density at radius 3 is 2.54 bits per heavy atom. The second-order valence-corrected chi connectivity index (χ2v) is 5.46. The second-order valence-electron chi connectivity index (χ2n) is 5.46. The van der Waals surface area contributed by atoms with Crippen LogP contribution in [0, 0.1) is 0 Å². The minimum Gasteiger partial charge on any atom is -0.496 e. The van der Waals surface area contributed by atoms with E-state index in [0.717, 1.165) is 21.9 Å². The fraction of sp³-hybridized carbons (Fsp3) is 0.0500. The van der Waals surface area contributed by atoms with E-state index in [9.17, 15) is 4.79 Å². The normalized spacial score (nSPS) is 10.9. The Morgan fingerprint density at radius 1 is 0.917 bits per heavy atom. The molecule has 4 aromatic rings. The van der Waals surface area contributed by atoms with Crippen LogP contribution in [-0.2, 0) is 0 Å². The van der Waals surface area contributed by atoms with Crippen molar-refractivity contribution in [3.05, 3.63) is 72.3 Å². The van der Waals surface area contributed by atoms with E-state index in [4.69, 9.17) is 9.15 Å². The Bertz CT molecular complexity index is 1050. The number of anilines is 1. The standard InChI is InChI=1S/C20H15NO3/c1-23-17-8-4-3-7-16(17)20(22)21-13-10-11-15-14-6-2-5-9-18(14)24-19(15)12-13/h2-12H,1H3,(H,21,22). The van der Waals surface area contributed by atoms with E-state index in [-0.39, 0.29) is 5.91 Å². The van der Waals surface area contributed by atoms with E-state index in [1.165, 1.54) is 0 Å². The van der Waals surface area contributed by atoms with Crippen LogP contribution >= 0.6 is 0 Å². The third-order valence-corrected chi connectivity index (χ3v) is 3.99. The summed E-state index contributed by atoms with van der Waals surface area (Å²) < 4.78 is 11.1. The van der Waals surface area contributed by atoms with E-state index in [2.05, 4.69) is 5.32 Å². The van der Waals surface area contributed by atoms with Gasteiger partial charge in [-0.1, -0.05) is 30.3 Å². The highest BCUT2D eigenvalue weighted by atomic mass is 16.5. The monoisotopic (exact) mass is 317 g/mol. The Morgan fingerprint density at radius 2 is 1.67 bits per heavy atom. The van der Waals surface area contributed by atoms with Crippen LogP contribution in [0.5, 0.6) is 5.75 Å². The SMILES string of the molecule is COc1ccccc1C(=O)Nc1ccc2c(c1)oc1ccccc12. The van der Waals surface area contributed by atoms with Crippen LogP contribution < -0.4 is 10.1 Å². The third-order valence-electron chi connectivity index (χ3n) is 3.99. The number of furan rings is 1. The Hall–Kier alpha value is -3.27. The summed E-state index contributed by atoms with van der Waals surface area (Å²) in [7, 11) is 1.55. The van der Waals surface area contributed by atoms with Crippen LogP contribution in [0.2, 0.25) is 0 Å². The van der Waals surface area contributed by atoms with Gasteiger partial charge in [0.2, 0.25) is 0 Å². The highest BCUT2D eigenvalue weighted by molar-refractivity contribution is 6.09. The number of hydrogen-bond donors (Lipinski definition) is 1. The van der Waals surface area contributed by atoms with Crippen molar-refractivity contribution in [1.82, 2.24) is 0 Å². The van der Waals surface area contributed by atoms with Crippen LogP contribution in [0.3, 0.4) is 0 Å². The van der Waals surface area contributed by atoms with Crippen molar-refractivity contribution in [3.63, 3.8) is 0 Å². The van der Waals surface area contributed by atoms with Crippen LogP contribution in [0.25, 0.3) is 21.9 Å². The fourth-order valence-electron chi connectivity index (χ4n) is 2.83. The first-order chi connectivity index (χ1) is 11.8. The van der Waals surface area contributed by atoms with Gasteiger partial charge in [0, 0.05) is 22.5 Å². The number of nitrogens with one attached hydrogen (secondary N) is 1. The van der Waals surface area contributed by atoms with Gasteiger partial charge in [-0.05, 0) is 30.3 Å². The van der Waals surface area contributed by atoms with Crippen molar-refractivity contribution in [2.75, 3.05) is 12.4 Å². The highest BCUT2D eigenvalue weighted by Gasteiger charge is 2.13. The zero-order valence-electron chi connectivity index (χ0n) is 13.1. The maximum Gasteiger partial charge on any atom is 0.259 e. The number of para-hydroxylation sites is 2. The summed E-state index contributed by atoms with van der Waals surface area (Å²) >= 11 is 0. The number of methoxy groups -OCH3 is 1. The maximum atomic E-state index is 12.5. The molecule has 1 amide bonds. The number of ether oxygens (including phenoxy) is 1. The number of benzene rings is 3. The lowest BCUT2D eigenvalue weighted by atomic mass is 10.1. The van der Waals surface area contributed by atoms with Gasteiger partial charge in [-0.15, -0.1) is 0 Å². The summed E-state index contributed by atoms with van der Waals surface area (Å²) in [4.78, 5) is 12.5. The molecule has 0 aliphatic carbocycles. The predicted molar refractivity (Wildman–Crippen MR) is 94.7 cm³/mol. The van der Waals surface area contributed by atoms with Crippen molar-refractivity contribution in [1.29, 1.82) is 0 Å². The molecule has 3 aromatic carbocycles. The van der Waals surface area contributed by atoms with Crippen LogP contribution in [0.1, 0.15) is 10.4 Å². The Kier molecular flexibility index (Phi) is 3.43. The lowest BCUT2D eigenvalue weighted by molar-refractivity contribution is 0.102. The molecule has 0 aliphatic rings. The van der Waals surface area contributed by atoms with Crippen molar-refractivity contribution in [2.45, 2.75) is 0 Å².